The second-order valence-electron chi connectivity index (χ2n) is 10.4. The first-order valence-corrected chi connectivity index (χ1v) is 12.5. The molecule has 34 heavy (non-hydrogen) atoms. The Balaban J connectivity index is 1.72. The van der Waals surface area contributed by atoms with E-state index in [1.54, 1.807) is 11.3 Å². The number of hydrogen-bond donors (Lipinski definition) is 2. The minimum atomic E-state index is -0.772. The zero-order valence-corrected chi connectivity index (χ0v) is 21.6. The molecule has 1 saturated heterocycles. The van der Waals surface area contributed by atoms with Gasteiger partial charge in [-0.1, -0.05) is 52.0 Å². The lowest BCUT2D eigenvalue weighted by molar-refractivity contribution is -0.143. The third-order valence-electron chi connectivity index (χ3n) is 6.39. The molecule has 4 atom stereocenters. The standard InChI is InChI=1S/C26H35N3O4S/c1-15(18-7-9-19(10-8-18)23-16(2)27-14-34-23)11-22(32)21-12-20(31)13-29(21)25(33)24(26(4,5)6)28-17(3)30/h7-10,14-15,20-21,24,31H,11-13H2,1-6H3,(H,28,30)/t15-,20-,21+,24-/m1/s1. The molecule has 0 radical (unpaired) electrons. The lowest BCUT2D eigenvalue weighted by Gasteiger charge is -2.35. The maximum absolute atomic E-state index is 13.4. The molecule has 2 N–H and O–H groups in total. The number of thiazole rings is 1. The van der Waals surface area contributed by atoms with Gasteiger partial charge >= 0.3 is 0 Å². The van der Waals surface area contributed by atoms with Gasteiger partial charge in [0.25, 0.3) is 0 Å². The molecule has 7 nitrogen and oxygen atoms in total. The lowest BCUT2D eigenvalue weighted by Crippen LogP contribution is -2.56. The molecule has 2 heterocycles. The molecule has 0 spiro atoms. The number of Topliss-reactive ketones (excluding diaryl/α,β-unsaturated/α-hetero) is 1. The van der Waals surface area contributed by atoms with Crippen LogP contribution in [0.5, 0.6) is 0 Å². The van der Waals surface area contributed by atoms with Gasteiger partial charge in [-0.3, -0.25) is 14.4 Å². The number of nitrogens with one attached hydrogen (secondary N) is 1. The zero-order chi connectivity index (χ0) is 25.2. The topological polar surface area (TPSA) is 99.6 Å². The number of aryl methyl sites for hydroxylation is 1. The van der Waals surface area contributed by atoms with Crippen molar-refractivity contribution in [1.29, 1.82) is 0 Å². The molecule has 2 aromatic rings. The number of rotatable bonds is 7. The SMILES string of the molecule is CC(=O)N[C@H](C(=O)N1C[C@H](O)C[C@H]1C(=O)C[C@@H](C)c1ccc(-c2scnc2C)cc1)C(C)(C)C. The summed E-state index contributed by atoms with van der Waals surface area (Å²) in [6.45, 7) is 11.1. The highest BCUT2D eigenvalue weighted by atomic mass is 32.1. The monoisotopic (exact) mass is 485 g/mol. The number of carbonyl (C=O) groups is 3. The number of ketones is 1. The summed E-state index contributed by atoms with van der Waals surface area (Å²) in [5.41, 5.74) is 4.44. The third kappa shape index (κ3) is 5.91. The van der Waals surface area contributed by atoms with Crippen molar-refractivity contribution in [1.82, 2.24) is 15.2 Å². The molecule has 1 fully saturated rings. The van der Waals surface area contributed by atoms with Gasteiger partial charge in [0, 0.05) is 26.3 Å². The summed E-state index contributed by atoms with van der Waals surface area (Å²) in [6.07, 6.45) is -0.272. The second kappa shape index (κ2) is 10.4. The van der Waals surface area contributed by atoms with Gasteiger partial charge in [0.15, 0.2) is 5.78 Å². The molecular weight excluding hydrogens is 450 g/mol. The van der Waals surface area contributed by atoms with Gasteiger partial charge in [-0.2, -0.15) is 0 Å². The van der Waals surface area contributed by atoms with E-state index < -0.39 is 23.6 Å². The van der Waals surface area contributed by atoms with Crippen LogP contribution >= 0.6 is 11.3 Å². The number of aliphatic hydroxyl groups excluding tert-OH is 1. The predicted molar refractivity (Wildman–Crippen MR) is 134 cm³/mol. The second-order valence-corrected chi connectivity index (χ2v) is 11.2. The Bertz CT molecular complexity index is 1040. The minimum Gasteiger partial charge on any atom is -0.391 e. The summed E-state index contributed by atoms with van der Waals surface area (Å²) in [6, 6.07) is 6.70. The summed E-state index contributed by atoms with van der Waals surface area (Å²) < 4.78 is 0. The van der Waals surface area contributed by atoms with E-state index in [1.807, 2.05) is 64.4 Å². The van der Waals surface area contributed by atoms with E-state index >= 15 is 0 Å². The molecule has 184 valence electrons. The molecule has 8 heteroatoms. The average molecular weight is 486 g/mol. The van der Waals surface area contributed by atoms with Crippen LogP contribution in [0.25, 0.3) is 10.4 Å². The van der Waals surface area contributed by atoms with Gasteiger partial charge in [0.1, 0.15) is 6.04 Å². The van der Waals surface area contributed by atoms with Crippen LogP contribution in [0.15, 0.2) is 29.8 Å². The van der Waals surface area contributed by atoms with Gasteiger partial charge in [-0.15, -0.1) is 11.3 Å². The van der Waals surface area contributed by atoms with Crippen LogP contribution in [0.2, 0.25) is 0 Å². The van der Waals surface area contributed by atoms with Crippen LogP contribution in [0.3, 0.4) is 0 Å². The van der Waals surface area contributed by atoms with E-state index in [2.05, 4.69) is 10.3 Å². The Morgan fingerprint density at radius 1 is 1.24 bits per heavy atom. The van der Waals surface area contributed by atoms with Crippen molar-refractivity contribution in [2.45, 2.75) is 78.5 Å². The highest BCUT2D eigenvalue weighted by Crippen LogP contribution is 2.31. The van der Waals surface area contributed by atoms with Crippen LogP contribution in [0.4, 0.5) is 0 Å². The summed E-state index contributed by atoms with van der Waals surface area (Å²) >= 11 is 1.60. The van der Waals surface area contributed by atoms with Crippen molar-refractivity contribution in [3.63, 3.8) is 0 Å². The van der Waals surface area contributed by atoms with E-state index in [9.17, 15) is 19.5 Å². The molecule has 0 aliphatic carbocycles. The third-order valence-corrected chi connectivity index (χ3v) is 7.37. The normalized spacial score (nSPS) is 20.1. The van der Waals surface area contributed by atoms with Crippen LogP contribution in [0, 0.1) is 12.3 Å². The Kier molecular flexibility index (Phi) is 7.93. The number of aromatic nitrogens is 1. The fraction of sp³-hybridized carbons (Fsp3) is 0.538. The molecule has 0 saturated carbocycles. The first kappa shape index (κ1) is 26.0. The van der Waals surface area contributed by atoms with Gasteiger partial charge < -0.3 is 15.3 Å². The van der Waals surface area contributed by atoms with Crippen LogP contribution in [-0.2, 0) is 14.4 Å². The largest absolute Gasteiger partial charge is 0.391 e. The van der Waals surface area contributed by atoms with E-state index in [0.717, 1.165) is 21.7 Å². The molecule has 0 bridgehead atoms. The van der Waals surface area contributed by atoms with Gasteiger partial charge in [-0.05, 0) is 29.4 Å². The number of hydrogen-bond acceptors (Lipinski definition) is 6. The molecule has 1 aliphatic rings. The lowest BCUT2D eigenvalue weighted by atomic mass is 9.85. The Morgan fingerprint density at radius 3 is 2.41 bits per heavy atom. The molecule has 2 amide bonds. The predicted octanol–water partition coefficient (Wildman–Crippen LogP) is 3.69. The van der Waals surface area contributed by atoms with Gasteiger partial charge in [0.2, 0.25) is 11.8 Å². The molecule has 0 unspecified atom stereocenters. The molecule has 1 aromatic heterocycles. The fourth-order valence-electron chi connectivity index (χ4n) is 4.48. The molecular formula is C26H35N3O4S. The average Bonchev–Trinajstić information content (AvgIpc) is 3.36. The van der Waals surface area contributed by atoms with Crippen molar-refractivity contribution in [2.24, 2.45) is 5.41 Å². The van der Waals surface area contributed by atoms with Crippen molar-refractivity contribution in [2.75, 3.05) is 6.54 Å². The Labute approximate surface area is 205 Å². The summed E-state index contributed by atoms with van der Waals surface area (Å²) in [4.78, 5) is 45.3. The number of benzene rings is 1. The summed E-state index contributed by atoms with van der Waals surface area (Å²) in [5.74, 6) is -0.737. The maximum atomic E-state index is 13.4. The van der Waals surface area contributed by atoms with E-state index in [0.29, 0.717) is 0 Å². The van der Waals surface area contributed by atoms with Crippen LogP contribution < -0.4 is 5.32 Å². The number of β-amino-alcohol motifs (C(OH)–C–C–N with tert-alkyl or cyclic N) is 1. The molecule has 1 aromatic carbocycles. The van der Waals surface area contributed by atoms with E-state index in [4.69, 9.17) is 0 Å². The van der Waals surface area contributed by atoms with Crippen molar-refractivity contribution >= 4 is 28.9 Å². The first-order valence-electron chi connectivity index (χ1n) is 11.7. The van der Waals surface area contributed by atoms with E-state index in [-0.39, 0.29) is 42.9 Å². The number of nitrogens with zero attached hydrogens (tertiary/aromatic N) is 2. The van der Waals surface area contributed by atoms with Crippen LogP contribution in [-0.4, -0.2) is 57.3 Å². The van der Waals surface area contributed by atoms with E-state index in [1.165, 1.54) is 11.8 Å². The number of carbonyl (C=O) groups excluding carboxylic acids is 3. The maximum Gasteiger partial charge on any atom is 0.246 e. The highest BCUT2D eigenvalue weighted by Gasteiger charge is 2.44. The minimum absolute atomic E-state index is 0.0347. The zero-order valence-electron chi connectivity index (χ0n) is 20.8. The smallest absolute Gasteiger partial charge is 0.246 e. The number of aliphatic hydroxyl groups is 1. The van der Waals surface area contributed by atoms with Gasteiger partial charge in [-0.25, -0.2) is 4.98 Å². The van der Waals surface area contributed by atoms with Crippen molar-refractivity contribution in [3.05, 3.63) is 41.0 Å². The summed E-state index contributed by atoms with van der Waals surface area (Å²) in [5, 5.41) is 13.0. The highest BCUT2D eigenvalue weighted by molar-refractivity contribution is 7.13. The summed E-state index contributed by atoms with van der Waals surface area (Å²) in [7, 11) is 0. The van der Waals surface area contributed by atoms with Crippen LogP contribution in [0.1, 0.15) is 64.6 Å². The number of likely N-dealkylation sites (tertiary alicyclic amines) is 1. The number of amides is 2. The van der Waals surface area contributed by atoms with Gasteiger partial charge in [0.05, 0.1) is 28.2 Å². The molecule has 1 aliphatic heterocycles. The van der Waals surface area contributed by atoms with Crippen molar-refractivity contribution in [3.8, 4) is 10.4 Å². The fourth-order valence-corrected chi connectivity index (χ4v) is 5.29. The first-order chi connectivity index (χ1) is 15.9. The Morgan fingerprint density at radius 2 is 1.88 bits per heavy atom. The quantitative estimate of drug-likeness (QED) is 0.623. The Hall–Kier alpha value is -2.58. The molecule has 3 rings (SSSR count). The van der Waals surface area contributed by atoms with Crippen molar-refractivity contribution < 1.29 is 19.5 Å².